The molecule has 3 heteroatoms. The van der Waals surface area contributed by atoms with Crippen LogP contribution in [0.1, 0.15) is 20.8 Å². The van der Waals surface area contributed by atoms with Crippen molar-refractivity contribution in [1.82, 2.24) is 9.80 Å². The molecular formula is C12H24N2O. The molecule has 1 aliphatic rings. The van der Waals surface area contributed by atoms with Crippen LogP contribution in [-0.2, 0) is 0 Å². The molecule has 0 bridgehead atoms. The fourth-order valence-corrected chi connectivity index (χ4v) is 2.21. The van der Waals surface area contributed by atoms with Crippen LogP contribution in [0.3, 0.4) is 0 Å². The minimum Gasteiger partial charge on any atom is -0.392 e. The van der Waals surface area contributed by atoms with E-state index in [9.17, 15) is 5.11 Å². The molecule has 1 aliphatic heterocycles. The van der Waals surface area contributed by atoms with E-state index in [-0.39, 0.29) is 6.10 Å². The van der Waals surface area contributed by atoms with E-state index >= 15 is 0 Å². The fraction of sp³-hybridized carbons (Fsp3) is 0.833. The van der Waals surface area contributed by atoms with Crippen LogP contribution >= 0.6 is 0 Å². The van der Waals surface area contributed by atoms with Gasteiger partial charge in [-0.1, -0.05) is 12.2 Å². The zero-order valence-electron chi connectivity index (χ0n) is 10.2. The van der Waals surface area contributed by atoms with Crippen LogP contribution < -0.4 is 0 Å². The normalized spacial score (nSPS) is 26.5. The van der Waals surface area contributed by atoms with E-state index in [1.54, 1.807) is 0 Å². The molecule has 88 valence electrons. The van der Waals surface area contributed by atoms with E-state index in [0.29, 0.717) is 6.04 Å². The van der Waals surface area contributed by atoms with Gasteiger partial charge in [-0.05, 0) is 20.8 Å². The van der Waals surface area contributed by atoms with Crippen LogP contribution in [0, 0.1) is 0 Å². The minimum atomic E-state index is -0.222. The van der Waals surface area contributed by atoms with Crippen LogP contribution in [0.25, 0.3) is 0 Å². The summed E-state index contributed by atoms with van der Waals surface area (Å²) in [5.74, 6) is 0. The molecule has 0 aromatic rings. The number of nitrogens with zero attached hydrogens (tertiary/aromatic N) is 2. The Morgan fingerprint density at radius 1 is 1.53 bits per heavy atom. The third-order valence-corrected chi connectivity index (χ3v) is 2.84. The van der Waals surface area contributed by atoms with Crippen LogP contribution in [0.4, 0.5) is 0 Å². The molecule has 0 spiro atoms. The van der Waals surface area contributed by atoms with Crippen molar-refractivity contribution in [3.05, 3.63) is 12.2 Å². The number of hydrogen-bond acceptors (Lipinski definition) is 3. The maximum absolute atomic E-state index is 9.36. The van der Waals surface area contributed by atoms with Crippen molar-refractivity contribution in [3.8, 4) is 0 Å². The Hall–Kier alpha value is -0.380. The van der Waals surface area contributed by atoms with Gasteiger partial charge in [0.15, 0.2) is 0 Å². The summed E-state index contributed by atoms with van der Waals surface area (Å²) < 4.78 is 0. The molecule has 0 unspecified atom stereocenters. The van der Waals surface area contributed by atoms with E-state index in [1.807, 2.05) is 6.92 Å². The maximum Gasteiger partial charge on any atom is 0.0639 e. The van der Waals surface area contributed by atoms with Crippen LogP contribution in [0.5, 0.6) is 0 Å². The van der Waals surface area contributed by atoms with Crippen molar-refractivity contribution in [2.45, 2.75) is 32.9 Å². The lowest BCUT2D eigenvalue weighted by Crippen LogP contribution is -2.53. The summed E-state index contributed by atoms with van der Waals surface area (Å²) >= 11 is 0. The summed E-state index contributed by atoms with van der Waals surface area (Å²) in [4.78, 5) is 4.80. The number of aliphatic hydroxyl groups excluding tert-OH is 1. The van der Waals surface area contributed by atoms with Gasteiger partial charge in [0.05, 0.1) is 6.10 Å². The Labute approximate surface area is 93.4 Å². The maximum atomic E-state index is 9.36. The van der Waals surface area contributed by atoms with E-state index < -0.39 is 0 Å². The first-order valence-corrected chi connectivity index (χ1v) is 5.78. The molecular weight excluding hydrogens is 188 g/mol. The quantitative estimate of drug-likeness (QED) is 0.703. The summed E-state index contributed by atoms with van der Waals surface area (Å²) in [5.41, 5.74) is 1.23. The van der Waals surface area contributed by atoms with Crippen molar-refractivity contribution < 1.29 is 5.11 Å². The van der Waals surface area contributed by atoms with Crippen LogP contribution in [-0.4, -0.2) is 59.8 Å². The summed E-state index contributed by atoms with van der Waals surface area (Å²) in [6, 6.07) is 0.535. The summed E-state index contributed by atoms with van der Waals surface area (Å²) in [6.45, 7) is 15.1. The Balaban J connectivity index is 2.37. The van der Waals surface area contributed by atoms with Crippen LogP contribution in [0.15, 0.2) is 12.2 Å². The van der Waals surface area contributed by atoms with E-state index in [2.05, 4.69) is 30.2 Å². The van der Waals surface area contributed by atoms with Gasteiger partial charge in [0.1, 0.15) is 0 Å². The molecule has 0 aliphatic carbocycles. The molecule has 1 heterocycles. The number of rotatable bonds is 4. The lowest BCUT2D eigenvalue weighted by Gasteiger charge is -2.40. The third-order valence-electron chi connectivity index (χ3n) is 2.84. The van der Waals surface area contributed by atoms with Gasteiger partial charge in [-0.15, -0.1) is 0 Å². The monoisotopic (exact) mass is 212 g/mol. The summed E-state index contributed by atoms with van der Waals surface area (Å²) in [7, 11) is 0. The molecule has 2 atom stereocenters. The lowest BCUT2D eigenvalue weighted by atomic mass is 10.1. The topological polar surface area (TPSA) is 26.7 Å². The van der Waals surface area contributed by atoms with Gasteiger partial charge < -0.3 is 5.11 Å². The average molecular weight is 212 g/mol. The first-order valence-electron chi connectivity index (χ1n) is 5.78. The van der Waals surface area contributed by atoms with Gasteiger partial charge >= 0.3 is 0 Å². The number of β-amino-alcohol motifs (C(OH)–C–C–N with tert-alkyl or cyclic N) is 1. The highest BCUT2D eigenvalue weighted by Crippen LogP contribution is 2.11. The fourth-order valence-electron chi connectivity index (χ4n) is 2.21. The Morgan fingerprint density at radius 2 is 2.20 bits per heavy atom. The summed E-state index contributed by atoms with van der Waals surface area (Å²) in [6.07, 6.45) is -0.222. The molecule has 0 radical (unpaired) electrons. The Kier molecular flexibility index (Phi) is 4.77. The molecule has 0 saturated carbocycles. The third kappa shape index (κ3) is 4.33. The zero-order chi connectivity index (χ0) is 11.4. The van der Waals surface area contributed by atoms with Crippen LogP contribution in [0.2, 0.25) is 0 Å². The first-order chi connectivity index (χ1) is 6.99. The number of aliphatic hydroxyl groups is 1. The average Bonchev–Trinajstić information content (AvgIpc) is 2.08. The SMILES string of the molecule is C=C(C)CN1CCN(C[C@H](C)O)[C@@H](C)C1. The first kappa shape index (κ1) is 12.7. The second-order valence-electron chi connectivity index (χ2n) is 4.89. The summed E-state index contributed by atoms with van der Waals surface area (Å²) in [5, 5.41) is 9.36. The molecule has 0 amide bonds. The highest BCUT2D eigenvalue weighted by Gasteiger charge is 2.23. The van der Waals surface area contributed by atoms with E-state index in [1.165, 1.54) is 5.57 Å². The predicted octanol–water partition coefficient (Wildman–Crippen LogP) is 0.949. The van der Waals surface area contributed by atoms with Gasteiger partial charge in [-0.3, -0.25) is 9.80 Å². The second kappa shape index (κ2) is 5.64. The van der Waals surface area contributed by atoms with Gasteiger partial charge in [0.2, 0.25) is 0 Å². The Morgan fingerprint density at radius 3 is 2.67 bits per heavy atom. The molecule has 1 N–H and O–H groups in total. The number of hydrogen-bond donors (Lipinski definition) is 1. The zero-order valence-corrected chi connectivity index (χ0v) is 10.2. The molecule has 0 aromatic heterocycles. The highest BCUT2D eigenvalue weighted by molar-refractivity contribution is 4.94. The van der Waals surface area contributed by atoms with Gasteiger partial charge in [0.25, 0.3) is 0 Å². The smallest absolute Gasteiger partial charge is 0.0639 e. The van der Waals surface area contributed by atoms with Crippen molar-refractivity contribution in [2.75, 3.05) is 32.7 Å². The molecule has 1 rings (SSSR count). The molecule has 1 fully saturated rings. The molecule has 1 saturated heterocycles. The molecule has 0 aromatic carbocycles. The van der Waals surface area contributed by atoms with Crippen molar-refractivity contribution >= 4 is 0 Å². The van der Waals surface area contributed by atoms with E-state index in [4.69, 9.17) is 0 Å². The number of piperazine rings is 1. The second-order valence-corrected chi connectivity index (χ2v) is 4.89. The predicted molar refractivity (Wildman–Crippen MR) is 64.0 cm³/mol. The Bertz CT molecular complexity index is 216. The van der Waals surface area contributed by atoms with Gasteiger partial charge in [-0.2, -0.15) is 0 Å². The minimum absolute atomic E-state index is 0.222. The van der Waals surface area contributed by atoms with Crippen molar-refractivity contribution in [2.24, 2.45) is 0 Å². The largest absolute Gasteiger partial charge is 0.392 e. The highest BCUT2D eigenvalue weighted by atomic mass is 16.3. The van der Waals surface area contributed by atoms with Gasteiger partial charge in [-0.25, -0.2) is 0 Å². The molecule has 3 nitrogen and oxygen atoms in total. The standard InChI is InChI=1S/C12H24N2O/c1-10(2)7-13-5-6-14(9-12(4)15)11(3)8-13/h11-12,15H,1,5-9H2,2-4H3/t11-,12-/m0/s1. The van der Waals surface area contributed by atoms with Crippen molar-refractivity contribution in [1.29, 1.82) is 0 Å². The lowest BCUT2D eigenvalue weighted by molar-refractivity contribution is 0.0486. The molecule has 15 heavy (non-hydrogen) atoms. The van der Waals surface area contributed by atoms with E-state index in [0.717, 1.165) is 32.7 Å². The van der Waals surface area contributed by atoms with Crippen molar-refractivity contribution in [3.63, 3.8) is 0 Å². The van der Waals surface area contributed by atoms with Gasteiger partial charge in [0, 0.05) is 38.8 Å².